The molecular weight excluding hydrogens is 792 g/mol. The van der Waals surface area contributed by atoms with Crippen LogP contribution in [0.2, 0.25) is 0 Å². The van der Waals surface area contributed by atoms with E-state index in [-0.39, 0.29) is 29.3 Å². The van der Waals surface area contributed by atoms with Crippen LogP contribution in [0.15, 0.2) is 102 Å². The number of H-pyrrole nitrogens is 2. The maximum atomic E-state index is 12.9. The van der Waals surface area contributed by atoms with Gasteiger partial charge in [0.1, 0.15) is 4.90 Å². The van der Waals surface area contributed by atoms with E-state index in [4.69, 9.17) is 5.14 Å². The van der Waals surface area contributed by atoms with Gasteiger partial charge in [-0.3, -0.25) is 4.79 Å². The van der Waals surface area contributed by atoms with Crippen molar-refractivity contribution in [3.05, 3.63) is 131 Å². The van der Waals surface area contributed by atoms with Crippen LogP contribution in [-0.4, -0.2) is 75.7 Å². The number of primary sulfonamides is 1. The fourth-order valence-corrected chi connectivity index (χ4v) is 8.58. The fraction of sp³-hybridized carbons (Fsp3) is 0.222. The van der Waals surface area contributed by atoms with Crippen molar-refractivity contribution in [3.63, 3.8) is 0 Å². The van der Waals surface area contributed by atoms with Gasteiger partial charge in [-0.05, 0) is 128 Å². The predicted molar refractivity (Wildman–Crippen MR) is 229 cm³/mol. The molecule has 60 heavy (non-hydrogen) atoms. The number of rotatable bonds is 6. The van der Waals surface area contributed by atoms with Gasteiger partial charge in [0.15, 0.2) is 0 Å². The third kappa shape index (κ3) is 9.44. The Morgan fingerprint density at radius 3 is 2.18 bits per heavy atom. The summed E-state index contributed by atoms with van der Waals surface area (Å²) in [5, 5.41) is 16.1. The second-order valence-electron chi connectivity index (χ2n) is 15.2. The number of aromatic amines is 2. The molecule has 7 heterocycles. The number of fused-ring (bicyclic) bond motifs is 9. The average molecular weight is 834 g/mol. The highest BCUT2D eigenvalue weighted by molar-refractivity contribution is 7.89. The summed E-state index contributed by atoms with van der Waals surface area (Å²) in [6, 6.07) is 28.6. The Kier molecular flexibility index (Phi) is 11.1. The topological polar surface area (TPSA) is 161 Å². The Morgan fingerprint density at radius 1 is 0.800 bits per heavy atom. The zero-order chi connectivity index (χ0) is 42.1. The van der Waals surface area contributed by atoms with Crippen molar-refractivity contribution in [3.8, 4) is 0 Å². The molecule has 2 aromatic carbocycles. The zero-order valence-corrected chi connectivity index (χ0v) is 33.2. The Bertz CT molecular complexity index is 2800. The lowest BCUT2D eigenvalue weighted by Gasteiger charge is -2.38. The Labute approximate surface area is 344 Å². The molecule has 1 saturated heterocycles. The standard InChI is InChI=1S/C25H27F3N2O2.C20H15N5O2S/c26-25(27,28)13-4-12-24(32)14-17-29(18-15-24)23(31)20-8-10-21(11-9-20)30-16-3-6-19-5-1-2-7-22(19)30;21-28(26,27)20-18-7-5-16(24-18)10-14-3-1-12(22-14)9-13-2-4-15(23-13)11-17-6-8-19(20)25-17/h1-3,5-11,32H,4,12-18H2;1-11,22,24H,(H2,21,26,27). The summed E-state index contributed by atoms with van der Waals surface area (Å²) >= 11 is 0. The molecular formula is C45H42F3N7O4S. The second kappa shape index (κ2) is 16.4. The first-order valence-corrected chi connectivity index (χ1v) is 21.0. The lowest BCUT2D eigenvalue weighted by atomic mass is 9.86. The zero-order valence-electron chi connectivity index (χ0n) is 32.4. The molecule has 15 heteroatoms. The number of nitrogens with two attached hydrogens (primary N) is 1. The highest BCUT2D eigenvalue weighted by Gasteiger charge is 2.36. The Balaban J connectivity index is 0.000000167. The van der Waals surface area contributed by atoms with E-state index < -0.39 is 28.2 Å². The maximum Gasteiger partial charge on any atom is 0.389 e. The number of aromatic nitrogens is 4. The third-order valence-corrected chi connectivity index (χ3v) is 11.8. The molecule has 0 radical (unpaired) electrons. The number of piperidine rings is 1. The van der Waals surface area contributed by atoms with Gasteiger partial charge in [0.25, 0.3) is 5.91 Å². The van der Waals surface area contributed by atoms with Crippen LogP contribution in [0.3, 0.4) is 0 Å². The predicted octanol–water partition coefficient (Wildman–Crippen LogP) is 8.85. The van der Waals surface area contributed by atoms with Crippen molar-refractivity contribution in [2.24, 2.45) is 5.14 Å². The van der Waals surface area contributed by atoms with Gasteiger partial charge >= 0.3 is 6.18 Å². The van der Waals surface area contributed by atoms with Crippen molar-refractivity contribution < 1.29 is 31.5 Å². The van der Waals surface area contributed by atoms with Crippen LogP contribution in [0, 0.1) is 0 Å². The van der Waals surface area contributed by atoms with E-state index in [0.717, 1.165) is 51.4 Å². The van der Waals surface area contributed by atoms with E-state index in [0.29, 0.717) is 42.7 Å². The molecule has 0 unspecified atom stereocenters. The van der Waals surface area contributed by atoms with E-state index in [2.05, 4.69) is 49.1 Å². The van der Waals surface area contributed by atoms with Crippen LogP contribution in [0.5, 0.6) is 0 Å². The number of nitrogens with zero attached hydrogens (tertiary/aromatic N) is 4. The molecule has 308 valence electrons. The van der Waals surface area contributed by atoms with Crippen molar-refractivity contribution in [2.45, 2.75) is 48.8 Å². The maximum absolute atomic E-state index is 12.9. The van der Waals surface area contributed by atoms with Crippen molar-refractivity contribution >= 4 is 79.8 Å². The molecule has 1 fully saturated rings. The number of alkyl halides is 3. The summed E-state index contributed by atoms with van der Waals surface area (Å²) < 4.78 is 61.7. The van der Waals surface area contributed by atoms with Crippen LogP contribution >= 0.6 is 0 Å². The molecule has 0 aliphatic carbocycles. The number of hydrogen-bond acceptors (Lipinski definition) is 7. The number of hydrogen-bond donors (Lipinski definition) is 4. The van der Waals surface area contributed by atoms with Gasteiger partial charge in [-0.25, -0.2) is 23.5 Å². The normalized spacial score (nSPS) is 15.7. The number of para-hydroxylation sites is 1. The van der Waals surface area contributed by atoms with Crippen LogP contribution < -0.4 is 10.0 Å². The van der Waals surface area contributed by atoms with Crippen molar-refractivity contribution in [1.82, 2.24) is 24.8 Å². The lowest BCUT2D eigenvalue weighted by molar-refractivity contribution is -0.138. The number of nitrogens with one attached hydrogen (secondary N) is 2. The number of amides is 1. The Hall–Kier alpha value is -6.29. The van der Waals surface area contributed by atoms with Gasteiger partial charge in [0.05, 0.1) is 33.9 Å². The van der Waals surface area contributed by atoms with Crippen LogP contribution in [0.1, 0.15) is 70.8 Å². The summed E-state index contributed by atoms with van der Waals surface area (Å²) in [5.74, 6) is -0.118. The summed E-state index contributed by atoms with van der Waals surface area (Å²) in [7, 11) is -4.00. The van der Waals surface area contributed by atoms with E-state index in [9.17, 15) is 31.5 Å². The van der Waals surface area contributed by atoms with E-state index in [1.807, 2.05) is 72.8 Å². The van der Waals surface area contributed by atoms with Gasteiger partial charge in [-0.2, -0.15) is 13.2 Å². The van der Waals surface area contributed by atoms with Crippen LogP contribution in [0.4, 0.5) is 24.5 Å². The number of carbonyl (C=O) groups excluding carboxylic acids is 1. The van der Waals surface area contributed by atoms with Crippen molar-refractivity contribution in [1.29, 1.82) is 0 Å². The quantitative estimate of drug-likeness (QED) is 0.130. The smallest absolute Gasteiger partial charge is 0.389 e. The first kappa shape index (κ1) is 40.5. The second-order valence-corrected chi connectivity index (χ2v) is 16.7. The first-order valence-electron chi connectivity index (χ1n) is 19.5. The first-order chi connectivity index (χ1) is 28.7. The van der Waals surface area contributed by atoms with E-state index in [1.54, 1.807) is 35.3 Å². The van der Waals surface area contributed by atoms with E-state index >= 15 is 0 Å². The minimum Gasteiger partial charge on any atom is -0.390 e. The molecule has 5 N–H and O–H groups in total. The minimum absolute atomic E-state index is 0.0458. The van der Waals surface area contributed by atoms with E-state index in [1.165, 1.54) is 0 Å². The molecule has 0 atom stereocenters. The highest BCUT2D eigenvalue weighted by Crippen LogP contribution is 2.34. The molecule has 3 aromatic heterocycles. The largest absolute Gasteiger partial charge is 0.390 e. The number of carbonyl (C=O) groups is 1. The average Bonchev–Trinajstić information content (AvgIpc) is 4.05. The number of likely N-dealkylation sites (tertiary alicyclic amines) is 1. The number of sulfonamides is 1. The fourth-order valence-electron chi connectivity index (χ4n) is 7.74. The monoisotopic (exact) mass is 833 g/mol. The van der Waals surface area contributed by atoms with Gasteiger partial charge < -0.3 is 24.9 Å². The highest BCUT2D eigenvalue weighted by atomic mass is 32.2. The van der Waals surface area contributed by atoms with Gasteiger partial charge in [-0.1, -0.05) is 30.4 Å². The van der Waals surface area contributed by atoms with Gasteiger partial charge in [0.2, 0.25) is 10.0 Å². The Morgan fingerprint density at radius 2 is 1.45 bits per heavy atom. The lowest BCUT2D eigenvalue weighted by Crippen LogP contribution is -2.46. The molecule has 4 aliphatic rings. The minimum atomic E-state index is -4.20. The summed E-state index contributed by atoms with van der Waals surface area (Å²) in [4.78, 5) is 32.1. The number of benzene rings is 2. The molecule has 4 aliphatic heterocycles. The molecule has 0 spiro atoms. The number of aliphatic hydroxyl groups is 1. The van der Waals surface area contributed by atoms with Crippen molar-refractivity contribution in [2.75, 3.05) is 24.5 Å². The van der Waals surface area contributed by atoms with Crippen LogP contribution in [-0.2, 0) is 10.0 Å². The summed E-state index contributed by atoms with van der Waals surface area (Å²) in [5.41, 5.74) is 8.07. The van der Waals surface area contributed by atoms with Crippen LogP contribution in [0.25, 0.3) is 52.4 Å². The van der Waals surface area contributed by atoms with Gasteiger partial charge in [-0.15, -0.1) is 0 Å². The molecule has 1 amide bonds. The summed E-state index contributed by atoms with van der Waals surface area (Å²) in [6.07, 6.45) is 6.90. The molecule has 11 nitrogen and oxygen atoms in total. The molecule has 5 aromatic rings. The molecule has 8 bridgehead atoms. The third-order valence-electron chi connectivity index (χ3n) is 10.8. The van der Waals surface area contributed by atoms with Gasteiger partial charge in [0, 0.05) is 59.5 Å². The SMILES string of the molecule is NS(=O)(=O)c1c2nc(cc3nc(cc4ccc(cc5ccc1[nH]5)[nH]4)C=C3)C=C2.O=C(c1ccc(N2CC=Cc3ccccc32)cc1)N1CCC(O)(CCCC(F)(F)F)CC1. The number of halogens is 3. The molecule has 9 rings (SSSR count). The summed E-state index contributed by atoms with van der Waals surface area (Å²) in [6.45, 7) is 1.43. The molecule has 0 saturated carbocycles. The number of anilines is 2.